The molecule has 0 bridgehead atoms. The summed E-state index contributed by atoms with van der Waals surface area (Å²) >= 11 is 0. The zero-order valence-corrected chi connectivity index (χ0v) is 33.1. The van der Waals surface area contributed by atoms with Gasteiger partial charge in [-0.2, -0.15) is 0 Å². The number of nitrogens with zero attached hydrogens (tertiary/aromatic N) is 2. The third kappa shape index (κ3) is 3.77. The molecule has 13 rings (SSSR count). The zero-order valence-electron chi connectivity index (χ0n) is 33.1. The summed E-state index contributed by atoms with van der Waals surface area (Å²) in [5, 5.41) is 18.6. The fourth-order valence-electron chi connectivity index (χ4n) is 11.3. The average molecular weight is 729 g/mol. The van der Waals surface area contributed by atoms with Crippen molar-refractivity contribution in [1.82, 2.24) is 9.13 Å². The molecule has 0 atom stereocenters. The van der Waals surface area contributed by atoms with Gasteiger partial charge in [-0.25, -0.2) is 0 Å². The molecule has 0 N–H and O–H groups in total. The maximum absolute atomic E-state index is 2.54. The molecule has 1 aliphatic carbocycles. The highest BCUT2D eigenvalue weighted by atomic mass is 15.0. The molecule has 2 heterocycles. The molecule has 0 unspecified atom stereocenters. The molecular formula is C55H40N2. The molecule has 0 saturated heterocycles. The monoisotopic (exact) mass is 728 g/mol. The van der Waals surface area contributed by atoms with Crippen LogP contribution in [0.2, 0.25) is 0 Å². The van der Waals surface area contributed by atoms with Crippen molar-refractivity contribution in [2.75, 3.05) is 0 Å². The Kier molecular flexibility index (Phi) is 5.76. The minimum absolute atomic E-state index is 0.188. The van der Waals surface area contributed by atoms with E-state index in [1.165, 1.54) is 143 Å². The fourth-order valence-corrected chi connectivity index (χ4v) is 11.3. The van der Waals surface area contributed by atoms with E-state index in [2.05, 4.69) is 184 Å². The normalized spacial score (nSPS) is 13.9. The predicted molar refractivity (Wildman–Crippen MR) is 244 cm³/mol. The van der Waals surface area contributed by atoms with Crippen LogP contribution >= 0.6 is 0 Å². The van der Waals surface area contributed by atoms with Gasteiger partial charge >= 0.3 is 0 Å². The van der Waals surface area contributed by atoms with E-state index in [-0.39, 0.29) is 5.41 Å². The van der Waals surface area contributed by atoms with Crippen LogP contribution in [0.1, 0.15) is 47.5 Å². The average Bonchev–Trinajstić information content (AvgIpc) is 3.74. The van der Waals surface area contributed by atoms with Crippen molar-refractivity contribution in [2.45, 2.75) is 47.0 Å². The first-order chi connectivity index (χ1) is 27.7. The Labute approximate surface area is 330 Å². The van der Waals surface area contributed by atoms with Gasteiger partial charge in [0.15, 0.2) is 0 Å². The van der Waals surface area contributed by atoms with Gasteiger partial charge in [-0.05, 0) is 151 Å². The summed E-state index contributed by atoms with van der Waals surface area (Å²) < 4.78 is 5.08. The SMILES string of the molecule is Cc1c(C)n(-c2ccc3c(c2)C(C)(C)c2cc(-n4c(C)c(C)c5cc6ccc7cccc8ccc(c6c78)c54)ccc2-3)c2c1cc1ccc3cccc4ccc2c1c34. The lowest BCUT2D eigenvalue weighted by Gasteiger charge is -2.23. The van der Waals surface area contributed by atoms with Gasteiger partial charge in [0.1, 0.15) is 0 Å². The number of benzene rings is 10. The van der Waals surface area contributed by atoms with Gasteiger partial charge in [0.05, 0.1) is 11.0 Å². The second kappa shape index (κ2) is 10.4. The van der Waals surface area contributed by atoms with Crippen molar-refractivity contribution >= 4 is 86.4 Å². The second-order valence-corrected chi connectivity index (χ2v) is 17.4. The first kappa shape index (κ1) is 31.6. The van der Waals surface area contributed by atoms with Gasteiger partial charge in [-0.15, -0.1) is 0 Å². The smallest absolute Gasteiger partial charge is 0.0613 e. The minimum Gasteiger partial charge on any atom is -0.313 e. The van der Waals surface area contributed by atoms with Gasteiger partial charge in [-0.3, -0.25) is 0 Å². The summed E-state index contributed by atoms with van der Waals surface area (Å²) in [6.07, 6.45) is 0. The maximum atomic E-state index is 2.54. The molecule has 0 saturated carbocycles. The number of aryl methyl sites for hydroxylation is 2. The molecule has 10 aromatic carbocycles. The molecule has 270 valence electrons. The molecule has 0 amide bonds. The van der Waals surface area contributed by atoms with Crippen molar-refractivity contribution in [3.63, 3.8) is 0 Å². The molecule has 57 heavy (non-hydrogen) atoms. The van der Waals surface area contributed by atoms with Crippen molar-refractivity contribution < 1.29 is 0 Å². The highest BCUT2D eigenvalue weighted by molar-refractivity contribution is 6.30. The first-order valence-electron chi connectivity index (χ1n) is 20.4. The van der Waals surface area contributed by atoms with Crippen LogP contribution in [0.3, 0.4) is 0 Å². The third-order valence-corrected chi connectivity index (χ3v) is 14.4. The van der Waals surface area contributed by atoms with E-state index in [0.29, 0.717) is 0 Å². The minimum atomic E-state index is -0.188. The van der Waals surface area contributed by atoms with E-state index in [0.717, 1.165) is 0 Å². The van der Waals surface area contributed by atoms with E-state index in [9.17, 15) is 0 Å². The molecule has 1 aliphatic rings. The van der Waals surface area contributed by atoms with Crippen LogP contribution in [0.25, 0.3) is 109 Å². The van der Waals surface area contributed by atoms with Gasteiger partial charge in [0.2, 0.25) is 0 Å². The second-order valence-electron chi connectivity index (χ2n) is 17.4. The standard InChI is InChI=1S/C55H40N2/c1-29-31(3)56(53-43-21-17-35-11-7-9-33-13-15-37(25-45(29)53)51(43)49(33)35)39-19-23-41-42-24-20-40(28-48(42)55(5,6)47(41)27-39)57-32(4)30(2)46-26-38-16-14-34-10-8-12-36-18-22-44(54(46)57)52(38)50(34)36/h7-28H,1-6H3. The number of hydrogen-bond acceptors (Lipinski definition) is 0. The summed E-state index contributed by atoms with van der Waals surface area (Å²) in [5.74, 6) is 0. The van der Waals surface area contributed by atoms with E-state index in [1.807, 2.05) is 0 Å². The Hall–Kier alpha value is -6.64. The molecule has 0 radical (unpaired) electrons. The fraction of sp³-hybridized carbons (Fsp3) is 0.127. The lowest BCUT2D eigenvalue weighted by molar-refractivity contribution is 0.659. The van der Waals surface area contributed by atoms with Crippen molar-refractivity contribution in [2.24, 2.45) is 0 Å². The lowest BCUT2D eigenvalue weighted by Crippen LogP contribution is -2.16. The largest absolute Gasteiger partial charge is 0.313 e. The first-order valence-corrected chi connectivity index (χ1v) is 20.4. The molecule has 2 aromatic heterocycles. The maximum Gasteiger partial charge on any atom is 0.0613 e. The Balaban J connectivity index is 1.01. The van der Waals surface area contributed by atoms with Crippen molar-refractivity contribution in [3.05, 3.63) is 167 Å². The van der Waals surface area contributed by atoms with Crippen LogP contribution in [0, 0.1) is 27.7 Å². The van der Waals surface area contributed by atoms with Crippen LogP contribution in [0.5, 0.6) is 0 Å². The Morgan fingerprint density at radius 3 is 1.18 bits per heavy atom. The van der Waals surface area contributed by atoms with Crippen molar-refractivity contribution in [1.29, 1.82) is 0 Å². The zero-order chi connectivity index (χ0) is 38.2. The number of rotatable bonds is 2. The number of aromatic nitrogens is 2. The van der Waals surface area contributed by atoms with Crippen LogP contribution < -0.4 is 0 Å². The lowest BCUT2D eigenvalue weighted by atomic mass is 9.82. The quantitative estimate of drug-likeness (QED) is 0.157. The topological polar surface area (TPSA) is 9.86 Å². The van der Waals surface area contributed by atoms with E-state index in [1.54, 1.807) is 0 Å². The summed E-state index contributed by atoms with van der Waals surface area (Å²) in [4.78, 5) is 0. The van der Waals surface area contributed by atoms with Gasteiger partial charge in [0.25, 0.3) is 0 Å². The molecular weight excluding hydrogens is 689 g/mol. The van der Waals surface area contributed by atoms with E-state index < -0.39 is 0 Å². The van der Waals surface area contributed by atoms with Gasteiger partial charge < -0.3 is 9.13 Å². The Bertz CT molecular complexity index is 3470. The molecule has 0 spiro atoms. The van der Waals surface area contributed by atoms with E-state index >= 15 is 0 Å². The summed E-state index contributed by atoms with van der Waals surface area (Å²) in [6, 6.07) is 51.2. The molecule has 2 heteroatoms. The third-order valence-electron chi connectivity index (χ3n) is 14.4. The number of hydrogen-bond donors (Lipinski definition) is 0. The van der Waals surface area contributed by atoms with E-state index in [4.69, 9.17) is 0 Å². The predicted octanol–water partition coefficient (Wildman–Crippen LogP) is 14.9. The summed E-state index contributed by atoms with van der Waals surface area (Å²) in [7, 11) is 0. The van der Waals surface area contributed by atoms with Crippen molar-refractivity contribution in [3.8, 4) is 22.5 Å². The van der Waals surface area contributed by atoms with Gasteiger partial charge in [0, 0.05) is 49.7 Å². The summed E-state index contributed by atoms with van der Waals surface area (Å²) in [6.45, 7) is 14.0. The molecule has 12 aromatic rings. The molecule has 0 aliphatic heterocycles. The highest BCUT2D eigenvalue weighted by Gasteiger charge is 2.36. The Morgan fingerprint density at radius 2 is 0.754 bits per heavy atom. The van der Waals surface area contributed by atoms with Crippen LogP contribution in [-0.2, 0) is 5.41 Å². The Morgan fingerprint density at radius 1 is 0.368 bits per heavy atom. The summed E-state index contributed by atoms with van der Waals surface area (Å²) in [5.41, 5.74) is 15.6. The number of fused-ring (bicyclic) bond motifs is 7. The van der Waals surface area contributed by atoms with Crippen LogP contribution in [0.15, 0.2) is 133 Å². The van der Waals surface area contributed by atoms with Gasteiger partial charge in [-0.1, -0.05) is 111 Å². The van der Waals surface area contributed by atoms with Crippen LogP contribution in [0.4, 0.5) is 0 Å². The molecule has 2 nitrogen and oxygen atoms in total. The van der Waals surface area contributed by atoms with Crippen LogP contribution in [-0.4, -0.2) is 9.13 Å². The highest BCUT2D eigenvalue weighted by Crippen LogP contribution is 2.51. The molecule has 0 fully saturated rings.